The Morgan fingerprint density at radius 3 is 2.81 bits per heavy atom. The number of furan rings is 1. The number of tetrazole rings is 1. The number of fused-ring (bicyclic) bond motifs is 3. The van der Waals surface area contributed by atoms with Crippen LogP contribution < -0.4 is 5.73 Å². The first-order valence-corrected chi connectivity index (χ1v) is 6.31. The van der Waals surface area contributed by atoms with E-state index in [0.29, 0.717) is 0 Å². The van der Waals surface area contributed by atoms with Gasteiger partial charge in [-0.15, -0.1) is 0 Å². The van der Waals surface area contributed by atoms with Gasteiger partial charge in [0.25, 0.3) is 5.95 Å². The normalized spacial score (nSPS) is 11.8. The fourth-order valence-corrected chi connectivity index (χ4v) is 2.22. The van der Waals surface area contributed by atoms with Crippen LogP contribution in [0.1, 0.15) is 5.56 Å². The van der Waals surface area contributed by atoms with E-state index in [0.717, 1.165) is 32.3 Å². The highest BCUT2D eigenvalue weighted by atomic mass is 16.3. The summed E-state index contributed by atoms with van der Waals surface area (Å²) in [5, 5.41) is 16.9. The fraction of sp³-hybridized carbons (Fsp3) is 0. The third kappa shape index (κ3) is 1.91. The Balaban J connectivity index is 1.81. The first kappa shape index (κ1) is 11.6. The van der Waals surface area contributed by atoms with Gasteiger partial charge in [0.15, 0.2) is 0 Å². The molecule has 7 heteroatoms. The van der Waals surface area contributed by atoms with E-state index in [1.54, 1.807) is 6.21 Å². The minimum Gasteiger partial charge on any atom is -0.456 e. The van der Waals surface area contributed by atoms with Gasteiger partial charge in [-0.25, -0.2) is 0 Å². The summed E-state index contributed by atoms with van der Waals surface area (Å²) in [6, 6.07) is 13.7. The average Bonchev–Trinajstić information content (AvgIpc) is 3.08. The highest BCUT2D eigenvalue weighted by Gasteiger charge is 2.06. The van der Waals surface area contributed by atoms with Gasteiger partial charge in [-0.3, -0.25) is 0 Å². The molecule has 0 saturated carbocycles. The number of rotatable bonds is 2. The molecule has 0 spiro atoms. The maximum Gasteiger partial charge on any atom is 0.263 e. The quantitative estimate of drug-likeness (QED) is 0.566. The van der Waals surface area contributed by atoms with Crippen molar-refractivity contribution in [1.29, 1.82) is 0 Å². The molecule has 4 rings (SSSR count). The van der Waals surface area contributed by atoms with Crippen LogP contribution in [0.4, 0.5) is 5.95 Å². The molecular formula is C14H10N6O. The monoisotopic (exact) mass is 278 g/mol. The van der Waals surface area contributed by atoms with Gasteiger partial charge in [0.1, 0.15) is 11.2 Å². The minimum atomic E-state index is 0.140. The number of nitrogens with zero attached hydrogens (tertiary/aromatic N) is 5. The SMILES string of the molecule is Nc1nnnn1/N=C\c1ccc2oc3ccccc3c2c1. The zero-order chi connectivity index (χ0) is 14.2. The molecule has 0 aliphatic rings. The lowest BCUT2D eigenvalue weighted by Crippen LogP contribution is -1.99. The molecule has 0 amide bonds. The highest BCUT2D eigenvalue weighted by Crippen LogP contribution is 2.28. The fourth-order valence-electron chi connectivity index (χ4n) is 2.22. The lowest BCUT2D eigenvalue weighted by molar-refractivity contribution is 0.669. The van der Waals surface area contributed by atoms with Gasteiger partial charge in [-0.05, 0) is 40.3 Å². The first-order valence-electron chi connectivity index (χ1n) is 6.31. The summed E-state index contributed by atoms with van der Waals surface area (Å²) in [7, 11) is 0. The second-order valence-electron chi connectivity index (χ2n) is 4.52. The van der Waals surface area contributed by atoms with Gasteiger partial charge < -0.3 is 10.2 Å². The zero-order valence-corrected chi connectivity index (χ0v) is 10.8. The number of benzene rings is 2. The molecule has 102 valence electrons. The van der Waals surface area contributed by atoms with Crippen LogP contribution in [0.25, 0.3) is 21.9 Å². The number of anilines is 1. The highest BCUT2D eigenvalue weighted by molar-refractivity contribution is 6.06. The predicted molar refractivity (Wildman–Crippen MR) is 78.9 cm³/mol. The molecule has 4 aromatic rings. The summed E-state index contributed by atoms with van der Waals surface area (Å²) in [6.45, 7) is 0. The number of hydrogen-bond donors (Lipinski definition) is 1. The number of nitrogens with two attached hydrogens (primary N) is 1. The molecule has 21 heavy (non-hydrogen) atoms. The van der Waals surface area contributed by atoms with Crippen LogP contribution in [0.3, 0.4) is 0 Å². The van der Waals surface area contributed by atoms with E-state index in [1.807, 2.05) is 42.5 Å². The van der Waals surface area contributed by atoms with Crippen LogP contribution in [0.5, 0.6) is 0 Å². The van der Waals surface area contributed by atoms with Gasteiger partial charge in [0.2, 0.25) is 0 Å². The summed E-state index contributed by atoms with van der Waals surface area (Å²) >= 11 is 0. The van der Waals surface area contributed by atoms with E-state index in [2.05, 4.69) is 20.6 Å². The summed E-state index contributed by atoms with van der Waals surface area (Å²) in [6.07, 6.45) is 1.65. The molecular weight excluding hydrogens is 268 g/mol. The molecule has 0 fully saturated rings. The van der Waals surface area contributed by atoms with Crippen molar-refractivity contribution < 1.29 is 4.42 Å². The Labute approximate surface area is 118 Å². The van der Waals surface area contributed by atoms with Crippen LogP contribution >= 0.6 is 0 Å². The Morgan fingerprint density at radius 1 is 1.10 bits per heavy atom. The minimum absolute atomic E-state index is 0.140. The second kappa shape index (κ2) is 4.41. The van der Waals surface area contributed by atoms with Crippen LogP contribution in [0.2, 0.25) is 0 Å². The molecule has 2 aromatic carbocycles. The van der Waals surface area contributed by atoms with Crippen molar-refractivity contribution in [3.8, 4) is 0 Å². The molecule has 0 aliphatic carbocycles. The van der Waals surface area contributed by atoms with Gasteiger partial charge in [-0.2, -0.15) is 5.10 Å². The van der Waals surface area contributed by atoms with Crippen LogP contribution in [0, 0.1) is 0 Å². The van der Waals surface area contributed by atoms with E-state index < -0.39 is 0 Å². The lowest BCUT2D eigenvalue weighted by atomic mass is 10.1. The van der Waals surface area contributed by atoms with E-state index in [4.69, 9.17) is 10.2 Å². The van der Waals surface area contributed by atoms with Gasteiger partial charge in [0, 0.05) is 10.8 Å². The molecule has 0 aliphatic heterocycles. The van der Waals surface area contributed by atoms with Crippen LogP contribution in [-0.4, -0.2) is 26.5 Å². The zero-order valence-electron chi connectivity index (χ0n) is 10.8. The number of aromatic nitrogens is 4. The van der Waals surface area contributed by atoms with Crippen molar-refractivity contribution >= 4 is 34.1 Å². The molecule has 2 N–H and O–H groups in total. The standard InChI is InChI=1S/C14H10N6O/c15-14-17-18-19-20(14)16-8-9-5-6-13-11(7-9)10-3-1-2-4-12(10)21-13/h1-8H,(H2,15,17,19)/b16-8-. The number of para-hydroxylation sites is 1. The van der Waals surface area contributed by atoms with Crippen LogP contribution in [-0.2, 0) is 0 Å². The smallest absolute Gasteiger partial charge is 0.263 e. The third-order valence-corrected chi connectivity index (χ3v) is 3.19. The van der Waals surface area contributed by atoms with Crippen molar-refractivity contribution in [3.05, 3.63) is 48.0 Å². The Bertz CT molecular complexity index is 968. The lowest BCUT2D eigenvalue weighted by Gasteiger charge is -1.94. The Morgan fingerprint density at radius 2 is 1.95 bits per heavy atom. The molecule has 7 nitrogen and oxygen atoms in total. The number of nitrogen functional groups attached to an aromatic ring is 1. The molecule has 0 saturated heterocycles. The summed E-state index contributed by atoms with van der Waals surface area (Å²) in [5.74, 6) is 0.140. The molecule has 2 heterocycles. The summed E-state index contributed by atoms with van der Waals surface area (Å²) in [5.41, 5.74) is 8.17. The summed E-state index contributed by atoms with van der Waals surface area (Å²) in [4.78, 5) is 1.16. The largest absolute Gasteiger partial charge is 0.456 e. The van der Waals surface area contributed by atoms with Crippen molar-refractivity contribution in [2.24, 2.45) is 5.10 Å². The van der Waals surface area contributed by atoms with Crippen LogP contribution in [0.15, 0.2) is 52.0 Å². The summed E-state index contributed by atoms with van der Waals surface area (Å²) < 4.78 is 5.77. The second-order valence-corrected chi connectivity index (χ2v) is 4.52. The predicted octanol–water partition coefficient (Wildman–Crippen LogP) is 2.04. The van der Waals surface area contributed by atoms with Gasteiger partial charge >= 0.3 is 0 Å². The maximum absolute atomic E-state index is 5.77. The van der Waals surface area contributed by atoms with E-state index in [-0.39, 0.29) is 5.95 Å². The van der Waals surface area contributed by atoms with Crippen molar-refractivity contribution in [1.82, 2.24) is 20.3 Å². The molecule has 0 unspecified atom stereocenters. The topological polar surface area (TPSA) is 95.1 Å². The number of hydrogen-bond acceptors (Lipinski definition) is 6. The third-order valence-electron chi connectivity index (χ3n) is 3.19. The Hall–Kier alpha value is -3.22. The Kier molecular flexibility index (Phi) is 2.43. The van der Waals surface area contributed by atoms with Crippen molar-refractivity contribution in [3.63, 3.8) is 0 Å². The molecule has 0 radical (unpaired) electrons. The molecule has 0 atom stereocenters. The van der Waals surface area contributed by atoms with Crippen molar-refractivity contribution in [2.45, 2.75) is 0 Å². The first-order chi connectivity index (χ1) is 10.3. The van der Waals surface area contributed by atoms with Gasteiger partial charge in [-0.1, -0.05) is 28.1 Å². The average molecular weight is 278 g/mol. The van der Waals surface area contributed by atoms with E-state index >= 15 is 0 Å². The molecule has 0 bridgehead atoms. The maximum atomic E-state index is 5.77. The van der Waals surface area contributed by atoms with Crippen molar-refractivity contribution in [2.75, 3.05) is 5.73 Å². The van der Waals surface area contributed by atoms with E-state index in [1.165, 1.54) is 0 Å². The van der Waals surface area contributed by atoms with E-state index in [9.17, 15) is 0 Å². The van der Waals surface area contributed by atoms with Gasteiger partial charge in [0.05, 0.1) is 6.21 Å². The molecule has 2 aromatic heterocycles.